The van der Waals surface area contributed by atoms with E-state index in [1.165, 1.54) is 9.80 Å². The van der Waals surface area contributed by atoms with E-state index in [0.717, 1.165) is 16.6 Å². The molecule has 0 saturated carbocycles. The van der Waals surface area contributed by atoms with Crippen molar-refractivity contribution >= 4 is 28.8 Å². The lowest BCUT2D eigenvalue weighted by molar-refractivity contribution is 0.0622. The average Bonchev–Trinajstić information content (AvgIpc) is 3.02. The molecule has 1 aliphatic heterocycles. The molecule has 3 rings (SSSR count). The summed E-state index contributed by atoms with van der Waals surface area (Å²) in [7, 11) is 0. The molecule has 1 fully saturated rings. The van der Waals surface area contributed by atoms with Gasteiger partial charge in [-0.05, 0) is 24.6 Å². The third-order valence-corrected chi connectivity index (χ3v) is 4.25. The van der Waals surface area contributed by atoms with E-state index in [-0.39, 0.29) is 25.7 Å². The first-order valence-corrected chi connectivity index (χ1v) is 7.69. The van der Waals surface area contributed by atoms with Crippen molar-refractivity contribution in [1.82, 2.24) is 20.0 Å². The maximum absolute atomic E-state index is 11.3. The van der Waals surface area contributed by atoms with Crippen LogP contribution in [0.15, 0.2) is 24.4 Å². The van der Waals surface area contributed by atoms with Gasteiger partial charge in [0.05, 0.1) is 17.8 Å². The predicted octanol–water partition coefficient (Wildman–Crippen LogP) is 1.71. The standard InChI is InChI=1S/C15H19N5O4/c21-14(22)19-5-6-20(15(23)24)12(9-19)3-4-16-11-1-2-13-10(7-11)8-17-18-13/h1-2,7-8,12,16H,3-6,9H2,(H,17,18)(H,21,22)(H,23,24)/t12-/m1/s1. The Balaban J connectivity index is 1.59. The Bertz CT molecular complexity index is 746. The van der Waals surface area contributed by atoms with E-state index in [0.29, 0.717) is 13.0 Å². The second-order valence-electron chi connectivity index (χ2n) is 5.75. The van der Waals surface area contributed by atoms with E-state index in [4.69, 9.17) is 5.11 Å². The molecule has 1 aromatic carbocycles. The fraction of sp³-hybridized carbons (Fsp3) is 0.400. The first kappa shape index (κ1) is 15.9. The molecule has 128 valence electrons. The first-order chi connectivity index (χ1) is 11.5. The van der Waals surface area contributed by atoms with Crippen molar-refractivity contribution in [2.75, 3.05) is 31.5 Å². The lowest BCUT2D eigenvalue weighted by atomic mass is 10.1. The molecular weight excluding hydrogens is 314 g/mol. The number of amides is 2. The number of H-pyrrole nitrogens is 1. The molecule has 2 aromatic rings. The number of nitrogens with zero attached hydrogens (tertiary/aromatic N) is 3. The molecule has 0 bridgehead atoms. The van der Waals surface area contributed by atoms with Gasteiger partial charge in [-0.2, -0.15) is 5.10 Å². The highest BCUT2D eigenvalue weighted by Crippen LogP contribution is 2.18. The number of aromatic amines is 1. The Kier molecular flexibility index (Phi) is 4.41. The molecule has 0 aliphatic carbocycles. The van der Waals surface area contributed by atoms with Crippen molar-refractivity contribution in [2.45, 2.75) is 12.5 Å². The summed E-state index contributed by atoms with van der Waals surface area (Å²) < 4.78 is 0. The van der Waals surface area contributed by atoms with Crippen molar-refractivity contribution < 1.29 is 19.8 Å². The highest BCUT2D eigenvalue weighted by atomic mass is 16.4. The number of rotatable bonds is 4. The summed E-state index contributed by atoms with van der Waals surface area (Å²) >= 11 is 0. The van der Waals surface area contributed by atoms with Crippen LogP contribution >= 0.6 is 0 Å². The van der Waals surface area contributed by atoms with Crippen LogP contribution in [0.4, 0.5) is 15.3 Å². The molecule has 24 heavy (non-hydrogen) atoms. The zero-order chi connectivity index (χ0) is 17.1. The molecule has 1 atom stereocenters. The second-order valence-corrected chi connectivity index (χ2v) is 5.75. The lowest BCUT2D eigenvalue weighted by Crippen LogP contribution is -2.56. The predicted molar refractivity (Wildman–Crippen MR) is 87.3 cm³/mol. The smallest absolute Gasteiger partial charge is 0.407 e. The quantitative estimate of drug-likeness (QED) is 0.676. The largest absolute Gasteiger partial charge is 0.465 e. The molecule has 1 saturated heterocycles. The van der Waals surface area contributed by atoms with Gasteiger partial charge in [0.2, 0.25) is 0 Å². The molecule has 0 spiro atoms. The maximum atomic E-state index is 11.3. The number of nitrogens with one attached hydrogen (secondary N) is 2. The minimum atomic E-state index is -1.01. The average molecular weight is 333 g/mol. The Morgan fingerprint density at radius 2 is 2.12 bits per heavy atom. The Hall–Kier alpha value is -2.97. The van der Waals surface area contributed by atoms with Gasteiger partial charge in [0.15, 0.2) is 0 Å². The van der Waals surface area contributed by atoms with Crippen LogP contribution in [-0.4, -0.2) is 74.6 Å². The summed E-state index contributed by atoms with van der Waals surface area (Å²) in [6.07, 6.45) is 0.242. The summed E-state index contributed by atoms with van der Waals surface area (Å²) in [5.41, 5.74) is 1.86. The Labute approximate surface area is 137 Å². The minimum Gasteiger partial charge on any atom is -0.465 e. The van der Waals surface area contributed by atoms with Gasteiger partial charge in [0, 0.05) is 37.3 Å². The number of hydrogen-bond donors (Lipinski definition) is 4. The monoisotopic (exact) mass is 333 g/mol. The maximum Gasteiger partial charge on any atom is 0.407 e. The van der Waals surface area contributed by atoms with Crippen molar-refractivity contribution in [3.8, 4) is 0 Å². The molecule has 0 unspecified atom stereocenters. The van der Waals surface area contributed by atoms with Crippen LogP contribution in [0.1, 0.15) is 6.42 Å². The zero-order valence-electron chi connectivity index (χ0n) is 13.0. The van der Waals surface area contributed by atoms with E-state index in [1.54, 1.807) is 6.20 Å². The number of fused-ring (bicyclic) bond motifs is 1. The lowest BCUT2D eigenvalue weighted by Gasteiger charge is -2.38. The van der Waals surface area contributed by atoms with Crippen molar-refractivity contribution in [3.05, 3.63) is 24.4 Å². The number of hydrogen-bond acceptors (Lipinski definition) is 4. The molecule has 4 N–H and O–H groups in total. The van der Waals surface area contributed by atoms with Crippen LogP contribution < -0.4 is 5.32 Å². The molecule has 9 nitrogen and oxygen atoms in total. The SMILES string of the molecule is O=C(O)N1CCN(C(=O)O)[C@H](CCNc2ccc3[nH]ncc3c2)C1. The number of piperazine rings is 1. The van der Waals surface area contributed by atoms with E-state index < -0.39 is 12.2 Å². The van der Waals surface area contributed by atoms with Crippen molar-refractivity contribution in [1.29, 1.82) is 0 Å². The topological polar surface area (TPSA) is 122 Å². The van der Waals surface area contributed by atoms with E-state index in [2.05, 4.69) is 15.5 Å². The van der Waals surface area contributed by atoms with Crippen LogP contribution in [0.2, 0.25) is 0 Å². The summed E-state index contributed by atoms with van der Waals surface area (Å²) in [6.45, 7) is 1.16. The van der Waals surface area contributed by atoms with Crippen LogP contribution in [-0.2, 0) is 0 Å². The Morgan fingerprint density at radius 1 is 1.29 bits per heavy atom. The fourth-order valence-corrected chi connectivity index (χ4v) is 2.96. The van der Waals surface area contributed by atoms with Crippen LogP contribution in [0.25, 0.3) is 10.9 Å². The van der Waals surface area contributed by atoms with Crippen molar-refractivity contribution in [2.24, 2.45) is 0 Å². The van der Waals surface area contributed by atoms with Crippen LogP contribution in [0, 0.1) is 0 Å². The first-order valence-electron chi connectivity index (χ1n) is 7.69. The van der Waals surface area contributed by atoms with Gasteiger partial charge in [-0.1, -0.05) is 0 Å². The van der Waals surface area contributed by atoms with E-state index >= 15 is 0 Å². The van der Waals surface area contributed by atoms with Gasteiger partial charge in [0.1, 0.15) is 0 Å². The molecule has 0 radical (unpaired) electrons. The summed E-state index contributed by atoms with van der Waals surface area (Å²) in [4.78, 5) is 25.0. The summed E-state index contributed by atoms with van der Waals surface area (Å²) in [5.74, 6) is 0. The number of aromatic nitrogens is 2. The fourth-order valence-electron chi connectivity index (χ4n) is 2.96. The van der Waals surface area contributed by atoms with Gasteiger partial charge in [-0.15, -0.1) is 0 Å². The number of benzene rings is 1. The molecule has 1 aromatic heterocycles. The normalized spacial score (nSPS) is 17.9. The molecule has 2 heterocycles. The van der Waals surface area contributed by atoms with Gasteiger partial charge in [-0.3, -0.25) is 5.10 Å². The molecule has 9 heteroatoms. The highest BCUT2D eigenvalue weighted by Gasteiger charge is 2.31. The van der Waals surface area contributed by atoms with E-state index in [1.807, 2.05) is 18.2 Å². The number of carbonyl (C=O) groups is 2. The van der Waals surface area contributed by atoms with Gasteiger partial charge < -0.3 is 25.3 Å². The Morgan fingerprint density at radius 3 is 2.88 bits per heavy atom. The highest BCUT2D eigenvalue weighted by molar-refractivity contribution is 5.81. The number of anilines is 1. The molecule has 1 aliphatic rings. The van der Waals surface area contributed by atoms with Crippen LogP contribution in [0.5, 0.6) is 0 Å². The van der Waals surface area contributed by atoms with E-state index in [9.17, 15) is 14.7 Å². The second kappa shape index (κ2) is 6.65. The van der Waals surface area contributed by atoms with Crippen molar-refractivity contribution in [3.63, 3.8) is 0 Å². The molecular formula is C15H19N5O4. The summed E-state index contributed by atoms with van der Waals surface area (Å²) in [5, 5.41) is 29.5. The summed E-state index contributed by atoms with van der Waals surface area (Å²) in [6, 6.07) is 5.44. The third-order valence-electron chi connectivity index (χ3n) is 4.25. The third kappa shape index (κ3) is 3.34. The van der Waals surface area contributed by atoms with Gasteiger partial charge in [0.25, 0.3) is 0 Å². The molecule has 2 amide bonds. The minimum absolute atomic E-state index is 0.198. The van der Waals surface area contributed by atoms with Crippen LogP contribution in [0.3, 0.4) is 0 Å². The zero-order valence-corrected chi connectivity index (χ0v) is 13.0. The number of carboxylic acid groups (broad SMARTS) is 2. The van der Waals surface area contributed by atoms with Gasteiger partial charge in [-0.25, -0.2) is 9.59 Å². The van der Waals surface area contributed by atoms with Gasteiger partial charge >= 0.3 is 12.2 Å².